The van der Waals surface area contributed by atoms with Crippen molar-refractivity contribution in [1.82, 2.24) is 10.2 Å². The van der Waals surface area contributed by atoms with Gasteiger partial charge in [0.25, 0.3) is 11.8 Å². The number of amides is 5. The maximum absolute atomic E-state index is 13.0. The Morgan fingerprint density at radius 1 is 1.05 bits per heavy atom. The Morgan fingerprint density at radius 3 is 2.42 bits per heavy atom. The summed E-state index contributed by atoms with van der Waals surface area (Å²) < 4.78 is 39.1. The first-order valence-corrected chi connectivity index (χ1v) is 12.6. The number of piperidine rings is 1. The van der Waals surface area contributed by atoms with Gasteiger partial charge < -0.3 is 10.6 Å². The molecule has 1 saturated heterocycles. The lowest BCUT2D eigenvalue weighted by Crippen LogP contribution is -2.54. The van der Waals surface area contributed by atoms with Crippen molar-refractivity contribution in [2.24, 2.45) is 5.92 Å². The van der Waals surface area contributed by atoms with E-state index in [2.05, 4.69) is 16.0 Å². The van der Waals surface area contributed by atoms with Gasteiger partial charge in [0.15, 0.2) is 0 Å². The van der Waals surface area contributed by atoms with E-state index in [1.807, 2.05) is 13.8 Å². The first-order chi connectivity index (χ1) is 18.8. The molecule has 5 amide bonds. The van der Waals surface area contributed by atoms with E-state index in [0.29, 0.717) is 5.69 Å². The van der Waals surface area contributed by atoms with Crippen molar-refractivity contribution in [2.75, 3.05) is 10.6 Å². The highest BCUT2D eigenvalue weighted by Crippen LogP contribution is 2.33. The summed E-state index contributed by atoms with van der Waals surface area (Å²) >= 11 is 0. The number of imide groups is 2. The Labute approximate surface area is 227 Å². The van der Waals surface area contributed by atoms with Gasteiger partial charge >= 0.3 is 6.18 Å². The number of hydrogen-bond acceptors (Lipinski definition) is 6. The Hall–Kier alpha value is -4.48. The Kier molecular flexibility index (Phi) is 8.08. The number of hydrogen-bond donors (Lipinski definition) is 3. The molecule has 0 radical (unpaired) electrons. The predicted octanol–water partition coefficient (Wildman–Crippen LogP) is 3.94. The van der Waals surface area contributed by atoms with Gasteiger partial charge in [0.1, 0.15) is 11.7 Å². The SMILES string of the molecule is CC(C)[C@@H](CC(=O)Nc1cccc(C(F)(F)F)c1)c1cccc(NC2=CC(=O)N(C3CCC(=O)NC3=O)C2=O)c1. The lowest BCUT2D eigenvalue weighted by Gasteiger charge is -2.28. The first kappa shape index (κ1) is 28.5. The molecular weight excluding hydrogens is 529 g/mol. The largest absolute Gasteiger partial charge is 0.416 e. The molecule has 2 aromatic carbocycles. The summed E-state index contributed by atoms with van der Waals surface area (Å²) in [5.74, 6) is -3.36. The van der Waals surface area contributed by atoms with Gasteiger partial charge in [-0.1, -0.05) is 32.0 Å². The molecule has 0 saturated carbocycles. The van der Waals surface area contributed by atoms with E-state index in [0.717, 1.165) is 28.7 Å². The van der Waals surface area contributed by atoms with Crippen LogP contribution < -0.4 is 16.0 Å². The number of alkyl halides is 3. The summed E-state index contributed by atoms with van der Waals surface area (Å²) in [7, 11) is 0. The van der Waals surface area contributed by atoms with Crippen LogP contribution in [0.1, 0.15) is 50.2 Å². The van der Waals surface area contributed by atoms with E-state index in [1.54, 1.807) is 24.3 Å². The second kappa shape index (κ2) is 11.3. The van der Waals surface area contributed by atoms with E-state index in [4.69, 9.17) is 0 Å². The molecular formula is C28H27F3N4O5. The van der Waals surface area contributed by atoms with Crippen LogP contribution in [0.3, 0.4) is 0 Å². The van der Waals surface area contributed by atoms with Crippen LogP contribution in [0.5, 0.6) is 0 Å². The average Bonchev–Trinajstić information content (AvgIpc) is 3.14. The van der Waals surface area contributed by atoms with Crippen LogP contribution in [0.2, 0.25) is 0 Å². The van der Waals surface area contributed by atoms with Gasteiger partial charge in [-0.25, -0.2) is 0 Å². The van der Waals surface area contributed by atoms with Crippen molar-refractivity contribution in [3.8, 4) is 0 Å². The Bertz CT molecular complexity index is 1400. The quantitative estimate of drug-likeness (QED) is 0.423. The van der Waals surface area contributed by atoms with Crippen LogP contribution in [0, 0.1) is 5.92 Å². The van der Waals surface area contributed by atoms with E-state index in [9.17, 15) is 37.1 Å². The minimum absolute atomic E-state index is 0.0101. The first-order valence-electron chi connectivity index (χ1n) is 12.6. The van der Waals surface area contributed by atoms with Crippen molar-refractivity contribution >= 4 is 40.9 Å². The topological polar surface area (TPSA) is 125 Å². The molecule has 1 unspecified atom stereocenters. The number of carbonyl (C=O) groups is 5. The number of nitrogens with one attached hydrogen (secondary N) is 3. The number of benzene rings is 2. The zero-order valence-corrected chi connectivity index (χ0v) is 21.7. The van der Waals surface area contributed by atoms with Gasteiger partial charge in [0.05, 0.1) is 5.56 Å². The summed E-state index contributed by atoms with van der Waals surface area (Å²) in [5.41, 5.74) is 0.317. The molecule has 210 valence electrons. The van der Waals surface area contributed by atoms with Crippen LogP contribution in [-0.4, -0.2) is 40.5 Å². The van der Waals surface area contributed by atoms with Crippen molar-refractivity contribution in [2.45, 2.75) is 51.2 Å². The number of anilines is 2. The maximum atomic E-state index is 13.0. The normalized spacial score (nSPS) is 18.5. The number of nitrogens with zero attached hydrogens (tertiary/aromatic N) is 1. The molecule has 2 aliphatic rings. The summed E-state index contributed by atoms with van der Waals surface area (Å²) in [6.45, 7) is 3.81. The van der Waals surface area contributed by atoms with Gasteiger partial charge in [-0.15, -0.1) is 0 Å². The van der Waals surface area contributed by atoms with Gasteiger partial charge in [-0.05, 0) is 54.2 Å². The maximum Gasteiger partial charge on any atom is 0.416 e. The van der Waals surface area contributed by atoms with Crippen LogP contribution >= 0.6 is 0 Å². The minimum Gasteiger partial charge on any atom is -0.351 e. The second-order valence-corrected chi connectivity index (χ2v) is 9.97. The monoisotopic (exact) mass is 556 g/mol. The van der Waals surface area contributed by atoms with Gasteiger partial charge in [0.2, 0.25) is 17.7 Å². The fourth-order valence-electron chi connectivity index (χ4n) is 4.72. The molecule has 2 heterocycles. The molecule has 0 aliphatic carbocycles. The van der Waals surface area contributed by atoms with Crippen LogP contribution in [0.25, 0.3) is 0 Å². The van der Waals surface area contributed by atoms with Crippen LogP contribution in [-0.2, 0) is 30.1 Å². The summed E-state index contributed by atoms with van der Waals surface area (Å²) in [6, 6.07) is 10.2. The van der Waals surface area contributed by atoms with Gasteiger partial charge in [0, 0.05) is 30.3 Å². The summed E-state index contributed by atoms with van der Waals surface area (Å²) in [4.78, 5) is 62.7. The third kappa shape index (κ3) is 6.38. The molecule has 9 nitrogen and oxygen atoms in total. The lowest BCUT2D eigenvalue weighted by atomic mass is 9.85. The summed E-state index contributed by atoms with van der Waals surface area (Å²) in [5, 5.41) is 7.57. The van der Waals surface area contributed by atoms with Crippen molar-refractivity contribution in [3.63, 3.8) is 0 Å². The molecule has 12 heteroatoms. The molecule has 0 bridgehead atoms. The zero-order chi connectivity index (χ0) is 29.2. The lowest BCUT2D eigenvalue weighted by molar-refractivity contribution is -0.149. The molecule has 2 aromatic rings. The zero-order valence-electron chi connectivity index (χ0n) is 21.7. The summed E-state index contributed by atoms with van der Waals surface area (Å²) in [6.07, 6.45) is -3.41. The van der Waals surface area contributed by atoms with Crippen molar-refractivity contribution in [3.05, 3.63) is 71.4 Å². The fraction of sp³-hybridized carbons (Fsp3) is 0.321. The Morgan fingerprint density at radius 2 is 1.75 bits per heavy atom. The second-order valence-electron chi connectivity index (χ2n) is 9.97. The minimum atomic E-state index is -4.53. The average molecular weight is 557 g/mol. The number of rotatable bonds is 8. The third-order valence-electron chi connectivity index (χ3n) is 6.75. The highest BCUT2D eigenvalue weighted by atomic mass is 19.4. The molecule has 2 atom stereocenters. The van der Waals surface area contributed by atoms with Crippen molar-refractivity contribution < 1.29 is 37.1 Å². The highest BCUT2D eigenvalue weighted by Gasteiger charge is 2.42. The van der Waals surface area contributed by atoms with Gasteiger partial charge in [-0.2, -0.15) is 13.2 Å². The predicted molar refractivity (Wildman–Crippen MR) is 138 cm³/mol. The van der Waals surface area contributed by atoms with E-state index in [-0.39, 0.29) is 42.5 Å². The molecule has 3 N–H and O–H groups in total. The Balaban J connectivity index is 1.45. The highest BCUT2D eigenvalue weighted by molar-refractivity contribution is 6.20. The molecule has 0 spiro atoms. The fourth-order valence-corrected chi connectivity index (χ4v) is 4.72. The third-order valence-corrected chi connectivity index (χ3v) is 6.75. The molecule has 0 aromatic heterocycles. The van der Waals surface area contributed by atoms with E-state index >= 15 is 0 Å². The van der Waals surface area contributed by atoms with Crippen LogP contribution in [0.4, 0.5) is 24.5 Å². The molecule has 1 fully saturated rings. The smallest absolute Gasteiger partial charge is 0.351 e. The van der Waals surface area contributed by atoms with E-state index < -0.39 is 47.3 Å². The standard InChI is InChI=1S/C28H27F3N4O5/c1-15(2)20(13-24(37)33-19-8-4-6-17(12-19)28(29,30)31)16-5-3-7-18(11-16)32-21-14-25(38)35(27(21)40)22-9-10-23(36)34-26(22)39/h3-8,11-12,14-15,20,22,32H,9-10,13H2,1-2H3,(H,33,37)(H,34,36,39)/t20-,22?/m1/s1. The molecule has 40 heavy (non-hydrogen) atoms. The molecule has 4 rings (SSSR count). The van der Waals surface area contributed by atoms with E-state index in [1.165, 1.54) is 12.1 Å². The number of carbonyl (C=O) groups excluding carboxylic acids is 5. The number of halogens is 3. The van der Waals surface area contributed by atoms with Gasteiger partial charge in [-0.3, -0.25) is 34.2 Å². The van der Waals surface area contributed by atoms with Crippen molar-refractivity contribution in [1.29, 1.82) is 0 Å². The van der Waals surface area contributed by atoms with Crippen LogP contribution in [0.15, 0.2) is 60.3 Å². The molecule has 2 aliphatic heterocycles.